The molecule has 0 aliphatic heterocycles. The molecule has 3 rings (SSSR count). The van der Waals surface area contributed by atoms with Gasteiger partial charge in [-0.05, 0) is 36.8 Å². The molecule has 0 heterocycles. The fourth-order valence-electron chi connectivity index (χ4n) is 3.08. The number of carbonyl (C=O) groups is 1. The van der Waals surface area contributed by atoms with Gasteiger partial charge in [0.15, 0.2) is 0 Å². The maximum Gasteiger partial charge on any atom is 0.308 e. The van der Waals surface area contributed by atoms with Gasteiger partial charge in [0.25, 0.3) is 0 Å². The van der Waals surface area contributed by atoms with Crippen LogP contribution in [0.2, 0.25) is 0 Å². The van der Waals surface area contributed by atoms with Crippen molar-refractivity contribution in [1.29, 1.82) is 0 Å². The monoisotopic (exact) mass is 434 g/mol. The molecule has 3 aromatic carbocycles. The lowest BCUT2D eigenvalue weighted by Crippen LogP contribution is -2.03. The third-order valence-electron chi connectivity index (χ3n) is 4.56. The number of phenols is 1. The third kappa shape index (κ3) is 6.36. The zero-order valence-corrected chi connectivity index (χ0v) is 18.0. The first-order valence-electron chi connectivity index (χ1n) is 10.3. The number of rotatable bonds is 9. The largest absolute Gasteiger partial charge is 0.508 e. The number of aromatic hydroxyl groups is 1. The maximum atomic E-state index is 11.3. The van der Waals surface area contributed by atoms with Gasteiger partial charge in [-0.15, -0.1) is 0 Å². The number of aliphatic hydroxyl groups is 1. The molecular formula is C26H26O6. The molecule has 6 nitrogen and oxygen atoms in total. The van der Waals surface area contributed by atoms with Gasteiger partial charge in [0, 0.05) is 30.2 Å². The molecule has 0 amide bonds. The van der Waals surface area contributed by atoms with Crippen LogP contribution in [0.25, 0.3) is 6.08 Å². The molecule has 0 fully saturated rings. The van der Waals surface area contributed by atoms with Crippen LogP contribution in [0.3, 0.4) is 0 Å². The first-order valence-corrected chi connectivity index (χ1v) is 10.3. The van der Waals surface area contributed by atoms with E-state index in [9.17, 15) is 15.0 Å². The summed E-state index contributed by atoms with van der Waals surface area (Å²) in [6, 6.07) is 19.4. The summed E-state index contributed by atoms with van der Waals surface area (Å²) < 4.78 is 16.7. The summed E-state index contributed by atoms with van der Waals surface area (Å²) in [4.78, 5) is 11.3. The Morgan fingerprint density at radius 1 is 1.00 bits per heavy atom. The van der Waals surface area contributed by atoms with Gasteiger partial charge < -0.3 is 24.4 Å². The Labute approximate surface area is 187 Å². The van der Waals surface area contributed by atoms with Crippen molar-refractivity contribution in [2.24, 2.45) is 0 Å². The molecule has 0 aliphatic rings. The van der Waals surface area contributed by atoms with Crippen molar-refractivity contribution in [3.63, 3.8) is 0 Å². The smallest absolute Gasteiger partial charge is 0.308 e. The van der Waals surface area contributed by atoms with E-state index in [1.165, 1.54) is 19.1 Å². The first kappa shape index (κ1) is 22.9. The Kier molecular flexibility index (Phi) is 7.89. The summed E-state index contributed by atoms with van der Waals surface area (Å²) in [5.41, 5.74) is 2.10. The number of esters is 1. The zero-order chi connectivity index (χ0) is 22.9. The second-order valence-corrected chi connectivity index (χ2v) is 7.03. The van der Waals surface area contributed by atoms with Crippen LogP contribution in [0.1, 0.15) is 36.6 Å². The molecule has 0 aromatic heterocycles. The molecule has 0 radical (unpaired) electrons. The van der Waals surface area contributed by atoms with E-state index in [0.29, 0.717) is 35.8 Å². The van der Waals surface area contributed by atoms with Crippen molar-refractivity contribution in [3.8, 4) is 23.0 Å². The van der Waals surface area contributed by atoms with E-state index in [0.717, 1.165) is 5.56 Å². The number of benzene rings is 3. The van der Waals surface area contributed by atoms with Crippen molar-refractivity contribution in [2.75, 3.05) is 6.61 Å². The van der Waals surface area contributed by atoms with E-state index in [4.69, 9.17) is 14.2 Å². The highest BCUT2D eigenvalue weighted by molar-refractivity contribution is 5.72. The molecule has 0 saturated carbocycles. The van der Waals surface area contributed by atoms with E-state index in [1.54, 1.807) is 36.4 Å². The normalized spacial score (nSPS) is 11.8. The highest BCUT2D eigenvalue weighted by atomic mass is 16.5. The van der Waals surface area contributed by atoms with Crippen molar-refractivity contribution >= 4 is 12.0 Å². The Morgan fingerprint density at radius 3 is 2.50 bits per heavy atom. The van der Waals surface area contributed by atoms with E-state index in [-0.39, 0.29) is 11.5 Å². The van der Waals surface area contributed by atoms with E-state index < -0.39 is 12.1 Å². The fourth-order valence-corrected chi connectivity index (χ4v) is 3.08. The van der Waals surface area contributed by atoms with Gasteiger partial charge in [-0.3, -0.25) is 4.79 Å². The zero-order valence-electron chi connectivity index (χ0n) is 18.0. The van der Waals surface area contributed by atoms with Crippen LogP contribution in [0.4, 0.5) is 0 Å². The summed E-state index contributed by atoms with van der Waals surface area (Å²) in [6.07, 6.45) is 2.19. The molecule has 0 spiro atoms. The molecule has 2 N–H and O–H groups in total. The summed E-state index contributed by atoms with van der Waals surface area (Å²) >= 11 is 0. The molecule has 6 heteroatoms. The average molecular weight is 434 g/mol. The Balaban J connectivity index is 1.85. The maximum absolute atomic E-state index is 11.3. The quantitative estimate of drug-likeness (QED) is 0.362. The number of carbonyl (C=O) groups excluding carboxylic acids is 1. The highest BCUT2D eigenvalue weighted by Gasteiger charge is 2.14. The lowest BCUT2D eigenvalue weighted by molar-refractivity contribution is -0.131. The minimum Gasteiger partial charge on any atom is -0.508 e. The van der Waals surface area contributed by atoms with Crippen LogP contribution in [0.15, 0.2) is 72.8 Å². The van der Waals surface area contributed by atoms with Crippen molar-refractivity contribution in [1.82, 2.24) is 0 Å². The molecule has 166 valence electrons. The summed E-state index contributed by atoms with van der Waals surface area (Å²) in [5.74, 6) is 0.818. The van der Waals surface area contributed by atoms with E-state index in [1.807, 2.05) is 37.3 Å². The number of aliphatic hydroxyl groups excluding tert-OH is 1. The number of hydrogen-bond donors (Lipinski definition) is 2. The van der Waals surface area contributed by atoms with Crippen LogP contribution in [0.5, 0.6) is 23.0 Å². The molecular weight excluding hydrogens is 408 g/mol. The van der Waals surface area contributed by atoms with Gasteiger partial charge in [0.2, 0.25) is 0 Å². The van der Waals surface area contributed by atoms with Gasteiger partial charge in [-0.25, -0.2) is 0 Å². The molecule has 0 bridgehead atoms. The second kappa shape index (κ2) is 11.0. The number of hydrogen-bond acceptors (Lipinski definition) is 6. The highest BCUT2D eigenvalue weighted by Crippen LogP contribution is 2.32. The van der Waals surface area contributed by atoms with Crippen molar-refractivity contribution < 1.29 is 29.2 Å². The summed E-state index contributed by atoms with van der Waals surface area (Å²) in [5, 5.41) is 20.5. The average Bonchev–Trinajstić information content (AvgIpc) is 2.77. The van der Waals surface area contributed by atoms with Gasteiger partial charge >= 0.3 is 5.97 Å². The Hall–Kier alpha value is -3.77. The predicted octanol–water partition coefficient (Wildman–Crippen LogP) is 5.04. The minimum atomic E-state index is -0.990. The van der Waals surface area contributed by atoms with Gasteiger partial charge in [0.05, 0.1) is 6.61 Å². The van der Waals surface area contributed by atoms with Crippen LogP contribution in [-0.2, 0) is 11.4 Å². The molecule has 1 atom stereocenters. The SMILES string of the molecule is CCOc1ccc(C(O)C=Cc2ccc(O)cc2OC(C)=O)c(OCc2ccccc2)c1. The standard InChI is InChI=1S/C26H26O6/c1-3-30-22-12-13-23(26(16-22)31-17-19-7-5-4-6-8-19)24(29)14-10-20-9-11-21(28)15-25(20)32-18(2)27/h4-16,24,28-29H,3,17H2,1-2H3. The molecule has 0 aliphatic carbocycles. The third-order valence-corrected chi connectivity index (χ3v) is 4.56. The van der Waals surface area contributed by atoms with Crippen molar-refractivity contribution in [2.45, 2.75) is 26.6 Å². The lowest BCUT2D eigenvalue weighted by Gasteiger charge is -2.16. The van der Waals surface area contributed by atoms with Crippen LogP contribution in [0, 0.1) is 0 Å². The first-order chi connectivity index (χ1) is 15.5. The minimum absolute atomic E-state index is 0.0259. The number of ether oxygens (including phenoxy) is 3. The predicted molar refractivity (Wildman–Crippen MR) is 122 cm³/mol. The topological polar surface area (TPSA) is 85.2 Å². The van der Waals surface area contributed by atoms with E-state index in [2.05, 4.69) is 0 Å². The van der Waals surface area contributed by atoms with Gasteiger partial charge in [-0.1, -0.05) is 42.5 Å². The number of phenolic OH excluding ortho intramolecular Hbond substituents is 1. The van der Waals surface area contributed by atoms with E-state index >= 15 is 0 Å². The summed E-state index contributed by atoms with van der Waals surface area (Å²) in [6.45, 7) is 4.03. The summed E-state index contributed by atoms with van der Waals surface area (Å²) in [7, 11) is 0. The molecule has 3 aromatic rings. The van der Waals surface area contributed by atoms with Crippen LogP contribution < -0.4 is 14.2 Å². The van der Waals surface area contributed by atoms with Gasteiger partial charge in [-0.2, -0.15) is 0 Å². The van der Waals surface area contributed by atoms with Crippen LogP contribution >= 0.6 is 0 Å². The van der Waals surface area contributed by atoms with Gasteiger partial charge in [0.1, 0.15) is 35.7 Å². The molecule has 1 unspecified atom stereocenters. The second-order valence-electron chi connectivity index (χ2n) is 7.03. The molecule has 32 heavy (non-hydrogen) atoms. The van der Waals surface area contributed by atoms with Crippen LogP contribution in [-0.4, -0.2) is 22.8 Å². The lowest BCUT2D eigenvalue weighted by atomic mass is 10.1. The Morgan fingerprint density at radius 2 is 1.78 bits per heavy atom. The molecule has 0 saturated heterocycles. The Bertz CT molecular complexity index is 1070. The fraction of sp³-hybridized carbons (Fsp3) is 0.192. The van der Waals surface area contributed by atoms with Crippen molar-refractivity contribution in [3.05, 3.63) is 89.5 Å².